The summed E-state index contributed by atoms with van der Waals surface area (Å²) in [5.41, 5.74) is 1.03. The highest BCUT2D eigenvalue weighted by Crippen LogP contribution is 2.36. The number of amides is 1. The molecule has 1 aromatic rings. The highest BCUT2D eigenvalue weighted by atomic mass is 32.1. The molecule has 4 aliphatic rings. The minimum atomic E-state index is 0.211. The van der Waals surface area contributed by atoms with Gasteiger partial charge in [-0.05, 0) is 55.6 Å². The standard InChI is InChI=1S/C22H33N5OS/c1-17(28)26-11-9-25(10-12-26)15-19-16-27-8-7-18(19)13-21(27)14-23-22(29)24-20-5-3-2-4-6-20/h2-6,18-19,21H,7-16H2,1H3,(H2,23,24,29)/t18-,19+,21+/m0/s1. The van der Waals surface area contributed by atoms with Gasteiger partial charge in [0.25, 0.3) is 0 Å². The summed E-state index contributed by atoms with van der Waals surface area (Å²) in [4.78, 5) is 18.7. The maximum Gasteiger partial charge on any atom is 0.219 e. The summed E-state index contributed by atoms with van der Waals surface area (Å²) in [6.45, 7) is 10.00. The second-order valence-electron chi connectivity index (χ2n) is 8.70. The molecular formula is C22H33N5OS. The Morgan fingerprint density at radius 2 is 1.90 bits per heavy atom. The third-order valence-corrected chi connectivity index (χ3v) is 7.10. The fourth-order valence-corrected chi connectivity index (χ4v) is 5.35. The number of para-hydroxylation sites is 1. The number of nitrogens with zero attached hydrogens (tertiary/aromatic N) is 3. The van der Waals surface area contributed by atoms with Crippen molar-refractivity contribution in [2.75, 3.05) is 57.7 Å². The number of benzene rings is 1. The zero-order valence-corrected chi connectivity index (χ0v) is 18.2. The molecule has 1 amide bonds. The van der Waals surface area contributed by atoms with Crippen LogP contribution in [-0.4, -0.2) is 84.1 Å². The van der Waals surface area contributed by atoms with E-state index in [0.717, 1.165) is 50.2 Å². The molecule has 4 atom stereocenters. The highest BCUT2D eigenvalue weighted by molar-refractivity contribution is 7.80. The Bertz CT molecular complexity index is 706. The predicted molar refractivity (Wildman–Crippen MR) is 121 cm³/mol. The smallest absolute Gasteiger partial charge is 0.219 e. The van der Waals surface area contributed by atoms with E-state index in [9.17, 15) is 4.79 Å². The monoisotopic (exact) mass is 415 g/mol. The Balaban J connectivity index is 1.21. The number of carbonyl (C=O) groups excluding carboxylic acids is 1. The maximum atomic E-state index is 11.5. The van der Waals surface area contributed by atoms with Gasteiger partial charge in [-0.2, -0.15) is 0 Å². The number of anilines is 1. The molecule has 29 heavy (non-hydrogen) atoms. The average Bonchev–Trinajstić information content (AvgIpc) is 2.74. The number of carbonyl (C=O) groups is 1. The number of fused-ring (bicyclic) bond motifs is 3. The van der Waals surface area contributed by atoms with Crippen molar-refractivity contribution in [3.63, 3.8) is 0 Å². The zero-order chi connectivity index (χ0) is 20.2. The van der Waals surface area contributed by atoms with Crippen molar-refractivity contribution >= 4 is 28.9 Å². The Morgan fingerprint density at radius 1 is 1.14 bits per heavy atom. The molecule has 5 rings (SSSR count). The van der Waals surface area contributed by atoms with E-state index < -0.39 is 0 Å². The summed E-state index contributed by atoms with van der Waals surface area (Å²) in [6, 6.07) is 10.7. The number of thiocarbonyl (C=S) groups is 1. The maximum absolute atomic E-state index is 11.5. The molecule has 4 aliphatic heterocycles. The minimum absolute atomic E-state index is 0.211. The van der Waals surface area contributed by atoms with Crippen LogP contribution in [-0.2, 0) is 4.79 Å². The molecule has 4 fully saturated rings. The van der Waals surface area contributed by atoms with Crippen LogP contribution in [0.15, 0.2) is 30.3 Å². The summed E-state index contributed by atoms with van der Waals surface area (Å²) in [5.74, 6) is 1.79. The number of piperidine rings is 3. The summed E-state index contributed by atoms with van der Waals surface area (Å²) < 4.78 is 0. The van der Waals surface area contributed by atoms with E-state index in [-0.39, 0.29) is 5.91 Å². The van der Waals surface area contributed by atoms with Crippen LogP contribution in [0.3, 0.4) is 0 Å². The summed E-state index contributed by atoms with van der Waals surface area (Å²) in [6.07, 6.45) is 2.58. The van der Waals surface area contributed by atoms with Crippen molar-refractivity contribution in [2.45, 2.75) is 25.8 Å². The molecule has 2 N–H and O–H groups in total. The van der Waals surface area contributed by atoms with Gasteiger partial charge < -0.3 is 15.5 Å². The van der Waals surface area contributed by atoms with Crippen LogP contribution in [0.5, 0.6) is 0 Å². The summed E-state index contributed by atoms with van der Waals surface area (Å²) in [5, 5.41) is 7.40. The van der Waals surface area contributed by atoms with E-state index in [1.807, 2.05) is 35.2 Å². The fourth-order valence-electron chi connectivity index (χ4n) is 5.15. The first-order chi connectivity index (χ1) is 14.1. The van der Waals surface area contributed by atoms with Gasteiger partial charge in [0.2, 0.25) is 5.91 Å². The molecule has 0 radical (unpaired) electrons. The van der Waals surface area contributed by atoms with Crippen LogP contribution in [0.25, 0.3) is 0 Å². The molecule has 2 bridgehead atoms. The van der Waals surface area contributed by atoms with Crippen molar-refractivity contribution in [3.8, 4) is 0 Å². The Hall–Kier alpha value is -1.70. The summed E-state index contributed by atoms with van der Waals surface area (Å²) in [7, 11) is 0. The van der Waals surface area contributed by atoms with Gasteiger partial charge in [-0.25, -0.2) is 0 Å². The molecule has 4 saturated heterocycles. The van der Waals surface area contributed by atoms with Crippen molar-refractivity contribution < 1.29 is 4.79 Å². The van der Waals surface area contributed by atoms with E-state index in [2.05, 4.69) is 20.4 Å². The fraction of sp³-hybridized carbons (Fsp3) is 0.636. The van der Waals surface area contributed by atoms with Crippen LogP contribution in [0.4, 0.5) is 5.69 Å². The third-order valence-electron chi connectivity index (χ3n) is 6.85. The van der Waals surface area contributed by atoms with Gasteiger partial charge in [-0.1, -0.05) is 18.2 Å². The number of hydrogen-bond donors (Lipinski definition) is 2. The van der Waals surface area contributed by atoms with Gasteiger partial charge in [-0.15, -0.1) is 0 Å². The molecule has 6 nitrogen and oxygen atoms in total. The van der Waals surface area contributed by atoms with Crippen LogP contribution in [0.1, 0.15) is 19.8 Å². The van der Waals surface area contributed by atoms with Gasteiger partial charge in [0, 0.05) is 64.5 Å². The zero-order valence-electron chi connectivity index (χ0n) is 17.3. The Morgan fingerprint density at radius 3 is 2.55 bits per heavy atom. The van der Waals surface area contributed by atoms with Gasteiger partial charge in [0.1, 0.15) is 0 Å². The molecule has 0 aromatic heterocycles. The Kier molecular flexibility index (Phi) is 6.67. The number of rotatable bonds is 5. The van der Waals surface area contributed by atoms with Crippen molar-refractivity contribution in [3.05, 3.63) is 30.3 Å². The molecule has 4 heterocycles. The van der Waals surface area contributed by atoms with E-state index >= 15 is 0 Å². The quantitative estimate of drug-likeness (QED) is 0.716. The Labute approximate surface area is 179 Å². The van der Waals surface area contributed by atoms with Crippen LogP contribution < -0.4 is 10.6 Å². The van der Waals surface area contributed by atoms with Crippen LogP contribution in [0.2, 0.25) is 0 Å². The first kappa shape index (κ1) is 20.6. The molecule has 1 unspecified atom stereocenters. The first-order valence-electron chi connectivity index (χ1n) is 10.9. The second-order valence-corrected chi connectivity index (χ2v) is 9.11. The van der Waals surface area contributed by atoms with E-state index in [1.165, 1.54) is 32.5 Å². The second kappa shape index (κ2) is 9.41. The minimum Gasteiger partial charge on any atom is -0.361 e. The van der Waals surface area contributed by atoms with Gasteiger partial charge in [0.15, 0.2) is 5.11 Å². The van der Waals surface area contributed by atoms with Crippen molar-refractivity contribution in [1.29, 1.82) is 0 Å². The molecule has 0 aliphatic carbocycles. The highest BCUT2D eigenvalue weighted by Gasteiger charge is 2.40. The van der Waals surface area contributed by atoms with E-state index in [4.69, 9.17) is 12.2 Å². The lowest BCUT2D eigenvalue weighted by molar-refractivity contribution is -0.130. The lowest BCUT2D eigenvalue weighted by Crippen LogP contribution is -2.59. The van der Waals surface area contributed by atoms with Gasteiger partial charge >= 0.3 is 0 Å². The van der Waals surface area contributed by atoms with Crippen molar-refractivity contribution in [1.82, 2.24) is 20.0 Å². The topological polar surface area (TPSA) is 50.9 Å². The molecule has 0 spiro atoms. The number of hydrogen-bond acceptors (Lipinski definition) is 4. The third kappa shape index (κ3) is 5.27. The summed E-state index contributed by atoms with van der Waals surface area (Å²) >= 11 is 5.47. The number of nitrogens with one attached hydrogen (secondary N) is 2. The van der Waals surface area contributed by atoms with E-state index in [0.29, 0.717) is 11.2 Å². The van der Waals surface area contributed by atoms with Crippen LogP contribution >= 0.6 is 12.2 Å². The molecule has 0 saturated carbocycles. The average molecular weight is 416 g/mol. The normalized spacial score (nSPS) is 29.5. The first-order valence-corrected chi connectivity index (χ1v) is 11.3. The number of piperazine rings is 1. The lowest BCUT2D eigenvalue weighted by Gasteiger charge is -2.51. The largest absolute Gasteiger partial charge is 0.361 e. The predicted octanol–water partition coefficient (Wildman–Crippen LogP) is 1.85. The molecular weight excluding hydrogens is 382 g/mol. The van der Waals surface area contributed by atoms with Gasteiger partial charge in [-0.3, -0.25) is 14.6 Å². The van der Waals surface area contributed by atoms with Crippen LogP contribution in [0, 0.1) is 11.8 Å². The van der Waals surface area contributed by atoms with Crippen molar-refractivity contribution in [2.24, 2.45) is 11.8 Å². The molecule has 158 valence electrons. The van der Waals surface area contributed by atoms with Gasteiger partial charge in [0.05, 0.1) is 0 Å². The molecule has 1 aromatic carbocycles. The SMILES string of the molecule is CC(=O)N1CCN(C[C@@H]2CN3CC[C@H]2C[C@@H]3CNC(=S)Nc2ccccc2)CC1. The molecule has 7 heteroatoms. The van der Waals surface area contributed by atoms with E-state index in [1.54, 1.807) is 6.92 Å². The lowest BCUT2D eigenvalue weighted by atomic mass is 9.75.